The van der Waals surface area contributed by atoms with Crippen LogP contribution in [-0.2, 0) is 9.53 Å². The van der Waals surface area contributed by atoms with Crippen molar-refractivity contribution >= 4 is 11.8 Å². The molecule has 0 amide bonds. The third-order valence-corrected chi connectivity index (χ3v) is 2.76. The third kappa shape index (κ3) is 2.34. The van der Waals surface area contributed by atoms with E-state index >= 15 is 0 Å². The Kier molecular flexibility index (Phi) is 3.60. The van der Waals surface area contributed by atoms with Crippen LogP contribution in [0, 0.1) is 11.7 Å². The molecular formula is C13H13FO4. The highest BCUT2D eigenvalue weighted by Crippen LogP contribution is 2.28. The molecule has 0 bridgehead atoms. The van der Waals surface area contributed by atoms with E-state index in [1.807, 2.05) is 0 Å². The number of ketones is 1. The second-order valence-corrected chi connectivity index (χ2v) is 3.95. The molecule has 1 atom stereocenters. The van der Waals surface area contributed by atoms with E-state index in [4.69, 9.17) is 9.47 Å². The van der Waals surface area contributed by atoms with Gasteiger partial charge in [0, 0.05) is 6.42 Å². The van der Waals surface area contributed by atoms with Crippen molar-refractivity contribution in [3.63, 3.8) is 0 Å². The lowest BCUT2D eigenvalue weighted by atomic mass is 9.95. The van der Waals surface area contributed by atoms with Gasteiger partial charge in [-0.25, -0.2) is 4.39 Å². The van der Waals surface area contributed by atoms with Crippen LogP contribution in [0.15, 0.2) is 18.2 Å². The van der Waals surface area contributed by atoms with Crippen LogP contribution in [0.2, 0.25) is 0 Å². The van der Waals surface area contributed by atoms with Crippen molar-refractivity contribution < 1.29 is 23.5 Å². The molecule has 0 aromatic heterocycles. The molecule has 1 unspecified atom stereocenters. The predicted molar refractivity (Wildman–Crippen MR) is 61.0 cm³/mol. The lowest BCUT2D eigenvalue weighted by Crippen LogP contribution is -2.26. The molecule has 1 aliphatic heterocycles. The molecular weight excluding hydrogens is 239 g/mol. The van der Waals surface area contributed by atoms with Gasteiger partial charge in [0.25, 0.3) is 0 Å². The summed E-state index contributed by atoms with van der Waals surface area (Å²) < 4.78 is 23.3. The Bertz CT molecular complexity index is 484. The summed E-state index contributed by atoms with van der Waals surface area (Å²) in [5.74, 6) is -2.15. The average molecular weight is 252 g/mol. The maximum absolute atomic E-state index is 13.2. The van der Waals surface area contributed by atoms with E-state index < -0.39 is 23.5 Å². The first kappa shape index (κ1) is 12.5. The number of carbonyl (C=O) groups excluding carboxylic acids is 2. The quantitative estimate of drug-likeness (QED) is 0.596. The maximum Gasteiger partial charge on any atom is 0.316 e. The fourth-order valence-electron chi connectivity index (χ4n) is 1.89. The van der Waals surface area contributed by atoms with Crippen molar-refractivity contribution in [2.75, 3.05) is 13.2 Å². The normalized spacial score (nSPS) is 18.6. The monoisotopic (exact) mass is 252 g/mol. The first-order chi connectivity index (χ1) is 8.63. The molecule has 5 heteroatoms. The summed E-state index contributed by atoms with van der Waals surface area (Å²) in [5.41, 5.74) is 0.102. The van der Waals surface area contributed by atoms with Crippen molar-refractivity contribution in [2.24, 2.45) is 5.92 Å². The lowest BCUT2D eigenvalue weighted by Gasteiger charge is -2.10. The van der Waals surface area contributed by atoms with Gasteiger partial charge in [-0.1, -0.05) is 0 Å². The fraction of sp³-hybridized carbons (Fsp3) is 0.385. The molecule has 0 radical (unpaired) electrons. The number of ether oxygens (including phenoxy) is 2. The SMILES string of the molecule is CCOC(=O)C1CCOc2ccc(F)cc2C1=O. The van der Waals surface area contributed by atoms with E-state index in [-0.39, 0.29) is 25.2 Å². The number of carbonyl (C=O) groups is 2. The molecule has 4 nitrogen and oxygen atoms in total. The Balaban J connectivity index is 2.34. The smallest absolute Gasteiger partial charge is 0.316 e. The standard InChI is InChI=1S/C13H13FO4/c1-2-17-13(16)9-5-6-18-11-4-3-8(14)7-10(11)12(9)15/h3-4,7,9H,2,5-6H2,1H3. The minimum Gasteiger partial charge on any atom is -0.493 e. The van der Waals surface area contributed by atoms with Gasteiger partial charge in [0.05, 0.1) is 18.8 Å². The zero-order valence-electron chi connectivity index (χ0n) is 9.94. The van der Waals surface area contributed by atoms with Crippen molar-refractivity contribution in [1.29, 1.82) is 0 Å². The van der Waals surface area contributed by atoms with E-state index in [1.165, 1.54) is 12.1 Å². The van der Waals surface area contributed by atoms with Gasteiger partial charge in [-0.3, -0.25) is 9.59 Å². The number of hydrogen-bond donors (Lipinski definition) is 0. The summed E-state index contributed by atoms with van der Waals surface area (Å²) in [6.07, 6.45) is 0.244. The van der Waals surface area contributed by atoms with Crippen LogP contribution in [-0.4, -0.2) is 25.0 Å². The fourth-order valence-corrected chi connectivity index (χ4v) is 1.89. The molecule has 1 heterocycles. The topological polar surface area (TPSA) is 52.6 Å². The van der Waals surface area contributed by atoms with Crippen molar-refractivity contribution in [1.82, 2.24) is 0 Å². The van der Waals surface area contributed by atoms with Crippen molar-refractivity contribution in [2.45, 2.75) is 13.3 Å². The van der Waals surface area contributed by atoms with Gasteiger partial charge in [-0.15, -0.1) is 0 Å². The Morgan fingerprint density at radius 1 is 1.56 bits per heavy atom. The van der Waals surface area contributed by atoms with Gasteiger partial charge in [0.15, 0.2) is 5.78 Å². The Morgan fingerprint density at radius 2 is 2.33 bits per heavy atom. The second-order valence-electron chi connectivity index (χ2n) is 3.95. The van der Waals surface area contributed by atoms with Crippen molar-refractivity contribution in [3.8, 4) is 5.75 Å². The molecule has 0 N–H and O–H groups in total. The molecule has 1 aromatic rings. The average Bonchev–Trinajstić information content (AvgIpc) is 2.50. The highest BCUT2D eigenvalue weighted by atomic mass is 19.1. The number of rotatable bonds is 2. The van der Waals surface area contributed by atoms with Crippen LogP contribution in [0.4, 0.5) is 4.39 Å². The predicted octanol–water partition coefficient (Wildman–Crippen LogP) is 1.97. The molecule has 2 rings (SSSR count). The summed E-state index contributed by atoms with van der Waals surface area (Å²) in [6, 6.07) is 3.71. The molecule has 96 valence electrons. The van der Waals surface area contributed by atoms with E-state index in [0.29, 0.717) is 5.75 Å². The largest absolute Gasteiger partial charge is 0.493 e. The van der Waals surface area contributed by atoms with Gasteiger partial charge >= 0.3 is 5.97 Å². The Labute approximate surface area is 104 Å². The molecule has 0 spiro atoms. The summed E-state index contributed by atoms with van der Waals surface area (Å²) >= 11 is 0. The molecule has 1 aliphatic rings. The van der Waals surface area contributed by atoms with Crippen LogP contribution < -0.4 is 4.74 Å². The van der Waals surface area contributed by atoms with Crippen LogP contribution >= 0.6 is 0 Å². The van der Waals surface area contributed by atoms with Crippen LogP contribution in [0.1, 0.15) is 23.7 Å². The van der Waals surface area contributed by atoms with Crippen LogP contribution in [0.25, 0.3) is 0 Å². The number of Topliss-reactive ketones (excluding diaryl/α,β-unsaturated/α-hetero) is 1. The summed E-state index contributed by atoms with van der Waals surface area (Å²) in [5, 5.41) is 0. The Morgan fingerprint density at radius 3 is 3.06 bits per heavy atom. The molecule has 0 fully saturated rings. The minimum atomic E-state index is -0.909. The highest BCUT2D eigenvalue weighted by molar-refractivity contribution is 6.10. The van der Waals surface area contributed by atoms with Gasteiger partial charge in [0.2, 0.25) is 0 Å². The van der Waals surface area contributed by atoms with Crippen LogP contribution in [0.5, 0.6) is 5.75 Å². The maximum atomic E-state index is 13.2. The third-order valence-electron chi connectivity index (χ3n) is 2.76. The number of benzene rings is 1. The lowest BCUT2D eigenvalue weighted by molar-refractivity contribution is -0.146. The molecule has 1 aromatic carbocycles. The van der Waals surface area contributed by atoms with Gasteiger partial charge in [-0.05, 0) is 25.1 Å². The Hall–Kier alpha value is -1.91. The summed E-state index contributed by atoms with van der Waals surface area (Å²) in [4.78, 5) is 23.8. The van der Waals surface area contributed by atoms with E-state index in [2.05, 4.69) is 0 Å². The number of halogens is 1. The van der Waals surface area contributed by atoms with Crippen LogP contribution in [0.3, 0.4) is 0 Å². The number of fused-ring (bicyclic) bond motifs is 1. The first-order valence-corrected chi connectivity index (χ1v) is 5.76. The molecule has 0 saturated carbocycles. The molecule has 0 saturated heterocycles. The second kappa shape index (κ2) is 5.16. The van der Waals surface area contributed by atoms with E-state index in [9.17, 15) is 14.0 Å². The van der Waals surface area contributed by atoms with E-state index in [1.54, 1.807) is 6.92 Å². The summed E-state index contributed by atoms with van der Waals surface area (Å²) in [7, 11) is 0. The van der Waals surface area contributed by atoms with Gasteiger partial charge < -0.3 is 9.47 Å². The van der Waals surface area contributed by atoms with Crippen molar-refractivity contribution in [3.05, 3.63) is 29.6 Å². The van der Waals surface area contributed by atoms with Gasteiger partial charge in [-0.2, -0.15) is 0 Å². The van der Waals surface area contributed by atoms with E-state index in [0.717, 1.165) is 6.07 Å². The molecule has 18 heavy (non-hydrogen) atoms. The number of hydrogen-bond acceptors (Lipinski definition) is 4. The zero-order valence-corrected chi connectivity index (χ0v) is 9.94. The first-order valence-electron chi connectivity index (χ1n) is 5.76. The minimum absolute atomic E-state index is 0.102. The van der Waals surface area contributed by atoms with Gasteiger partial charge in [0.1, 0.15) is 17.5 Å². The zero-order chi connectivity index (χ0) is 13.1. The summed E-state index contributed by atoms with van der Waals surface area (Å²) in [6.45, 7) is 2.11. The number of esters is 1. The molecule has 0 aliphatic carbocycles. The highest BCUT2D eigenvalue weighted by Gasteiger charge is 2.33.